The molecule has 114 valence electrons. The van der Waals surface area contributed by atoms with Crippen LogP contribution in [0.1, 0.15) is 44.7 Å². The molecule has 1 heterocycles. The van der Waals surface area contributed by atoms with Gasteiger partial charge in [-0.25, -0.2) is 0 Å². The third-order valence-electron chi connectivity index (χ3n) is 3.43. The number of hydrogen-bond donors (Lipinski definition) is 1. The Kier molecular flexibility index (Phi) is 6.28. The molecule has 0 amide bonds. The first kappa shape index (κ1) is 15.6. The van der Waals surface area contributed by atoms with Gasteiger partial charge in [-0.1, -0.05) is 49.9 Å². The Morgan fingerprint density at radius 2 is 1.95 bits per heavy atom. The molecule has 0 radical (unpaired) electrons. The van der Waals surface area contributed by atoms with Crippen LogP contribution in [-0.2, 0) is 6.54 Å². The van der Waals surface area contributed by atoms with Crippen molar-refractivity contribution in [3.63, 3.8) is 0 Å². The van der Waals surface area contributed by atoms with Crippen LogP contribution in [0, 0.1) is 0 Å². The van der Waals surface area contributed by atoms with E-state index in [1.165, 1.54) is 25.7 Å². The number of rotatable bonds is 9. The molecule has 0 aliphatic rings. The van der Waals surface area contributed by atoms with E-state index in [4.69, 9.17) is 15.0 Å². The molecule has 2 N–H and O–H groups in total. The summed E-state index contributed by atoms with van der Waals surface area (Å²) in [5, 5.41) is 3.93. The van der Waals surface area contributed by atoms with Crippen LogP contribution in [0.2, 0.25) is 0 Å². The second-order valence-electron chi connectivity index (χ2n) is 5.15. The summed E-state index contributed by atoms with van der Waals surface area (Å²) in [6.07, 6.45) is 6.15. The van der Waals surface area contributed by atoms with Gasteiger partial charge in [0.1, 0.15) is 5.75 Å². The summed E-state index contributed by atoms with van der Waals surface area (Å²) >= 11 is 0. The smallest absolute Gasteiger partial charge is 0.170 e. The van der Waals surface area contributed by atoms with E-state index in [1.807, 2.05) is 30.3 Å². The Hall–Kier alpha value is -1.81. The lowest BCUT2D eigenvalue weighted by Crippen LogP contribution is -1.98. The maximum atomic E-state index is 5.90. The zero-order valence-corrected chi connectivity index (χ0v) is 12.7. The van der Waals surface area contributed by atoms with E-state index in [0.717, 1.165) is 30.0 Å². The maximum Gasteiger partial charge on any atom is 0.170 e. The van der Waals surface area contributed by atoms with E-state index in [-0.39, 0.29) is 0 Å². The molecular weight excluding hydrogens is 264 g/mol. The zero-order valence-electron chi connectivity index (χ0n) is 12.7. The number of nitrogens with zero attached hydrogens (tertiary/aromatic N) is 1. The van der Waals surface area contributed by atoms with Gasteiger partial charge in [-0.05, 0) is 18.6 Å². The lowest BCUT2D eigenvalue weighted by Gasteiger charge is -2.09. The van der Waals surface area contributed by atoms with Crippen LogP contribution in [0.25, 0.3) is 11.3 Å². The zero-order chi connectivity index (χ0) is 14.9. The highest BCUT2D eigenvalue weighted by molar-refractivity contribution is 5.65. The highest BCUT2D eigenvalue weighted by atomic mass is 16.5. The van der Waals surface area contributed by atoms with Crippen molar-refractivity contribution in [2.24, 2.45) is 5.73 Å². The van der Waals surface area contributed by atoms with Crippen molar-refractivity contribution in [1.29, 1.82) is 0 Å². The molecule has 0 spiro atoms. The van der Waals surface area contributed by atoms with Crippen LogP contribution in [0.5, 0.6) is 5.75 Å². The highest BCUT2D eigenvalue weighted by Crippen LogP contribution is 2.30. The summed E-state index contributed by atoms with van der Waals surface area (Å²) in [6.45, 7) is 3.34. The van der Waals surface area contributed by atoms with Crippen molar-refractivity contribution in [3.8, 4) is 17.1 Å². The molecule has 1 aromatic heterocycles. The second-order valence-corrected chi connectivity index (χ2v) is 5.15. The van der Waals surface area contributed by atoms with Gasteiger partial charge >= 0.3 is 0 Å². The topological polar surface area (TPSA) is 61.3 Å². The fourth-order valence-electron chi connectivity index (χ4n) is 2.22. The van der Waals surface area contributed by atoms with Crippen LogP contribution in [0.4, 0.5) is 0 Å². The molecule has 1 aromatic carbocycles. The number of aromatic nitrogens is 1. The largest absolute Gasteiger partial charge is 0.493 e. The fourth-order valence-corrected chi connectivity index (χ4v) is 2.22. The minimum Gasteiger partial charge on any atom is -0.493 e. The first-order valence-corrected chi connectivity index (χ1v) is 7.73. The lowest BCUT2D eigenvalue weighted by molar-refractivity contribution is 0.304. The maximum absolute atomic E-state index is 5.90. The van der Waals surface area contributed by atoms with Gasteiger partial charge in [-0.2, -0.15) is 0 Å². The molecule has 2 aromatic rings. The minimum absolute atomic E-state index is 0.379. The van der Waals surface area contributed by atoms with Gasteiger partial charge in [0.05, 0.1) is 17.9 Å². The van der Waals surface area contributed by atoms with E-state index < -0.39 is 0 Å². The summed E-state index contributed by atoms with van der Waals surface area (Å²) in [6, 6.07) is 9.74. The van der Waals surface area contributed by atoms with Crippen molar-refractivity contribution in [1.82, 2.24) is 5.16 Å². The molecule has 0 fully saturated rings. The van der Waals surface area contributed by atoms with Gasteiger partial charge in [0.15, 0.2) is 5.76 Å². The average Bonchev–Trinajstić information content (AvgIpc) is 3.00. The van der Waals surface area contributed by atoms with Crippen LogP contribution in [0.15, 0.2) is 34.9 Å². The van der Waals surface area contributed by atoms with E-state index in [0.29, 0.717) is 12.3 Å². The average molecular weight is 288 g/mol. The van der Waals surface area contributed by atoms with Crippen molar-refractivity contribution in [3.05, 3.63) is 36.0 Å². The molecule has 0 saturated heterocycles. The molecular formula is C17H24N2O2. The van der Waals surface area contributed by atoms with Crippen molar-refractivity contribution >= 4 is 0 Å². The monoisotopic (exact) mass is 288 g/mol. The molecule has 0 bridgehead atoms. The molecule has 0 unspecified atom stereocenters. The van der Waals surface area contributed by atoms with Crippen LogP contribution in [-0.4, -0.2) is 11.8 Å². The number of unbranched alkanes of at least 4 members (excludes halogenated alkanes) is 4. The third kappa shape index (κ3) is 4.60. The van der Waals surface area contributed by atoms with E-state index in [1.54, 1.807) is 0 Å². The first-order chi connectivity index (χ1) is 10.3. The quantitative estimate of drug-likeness (QED) is 0.704. The summed E-state index contributed by atoms with van der Waals surface area (Å²) in [7, 11) is 0. The van der Waals surface area contributed by atoms with Gasteiger partial charge in [-0.15, -0.1) is 0 Å². The van der Waals surface area contributed by atoms with Gasteiger partial charge < -0.3 is 15.0 Å². The normalized spacial score (nSPS) is 10.8. The Bertz CT molecular complexity index is 537. The van der Waals surface area contributed by atoms with Crippen LogP contribution < -0.4 is 10.5 Å². The fraction of sp³-hybridized carbons (Fsp3) is 0.471. The Balaban J connectivity index is 1.94. The van der Waals surface area contributed by atoms with Crippen molar-refractivity contribution in [2.75, 3.05) is 6.61 Å². The van der Waals surface area contributed by atoms with Gasteiger partial charge in [-0.3, -0.25) is 0 Å². The number of hydrogen-bond acceptors (Lipinski definition) is 4. The lowest BCUT2D eigenvalue weighted by atomic mass is 10.1. The van der Waals surface area contributed by atoms with Crippen LogP contribution >= 0.6 is 0 Å². The number of para-hydroxylation sites is 1. The SMILES string of the molecule is CCCCCCCOc1ccccc1-c1cc(CN)no1. The first-order valence-electron chi connectivity index (χ1n) is 7.73. The highest BCUT2D eigenvalue weighted by Gasteiger charge is 2.11. The predicted octanol–water partition coefficient (Wildman–Crippen LogP) is 4.15. The molecule has 0 atom stereocenters. The van der Waals surface area contributed by atoms with Crippen molar-refractivity contribution < 1.29 is 9.26 Å². The molecule has 4 heteroatoms. The van der Waals surface area contributed by atoms with E-state index in [9.17, 15) is 0 Å². The van der Waals surface area contributed by atoms with E-state index in [2.05, 4.69) is 12.1 Å². The molecule has 0 saturated carbocycles. The third-order valence-corrected chi connectivity index (χ3v) is 3.43. The van der Waals surface area contributed by atoms with Gasteiger partial charge in [0.2, 0.25) is 0 Å². The van der Waals surface area contributed by atoms with Gasteiger partial charge in [0, 0.05) is 12.6 Å². The predicted molar refractivity (Wildman–Crippen MR) is 84.1 cm³/mol. The molecule has 0 aliphatic carbocycles. The second kappa shape index (κ2) is 8.47. The molecule has 0 aliphatic heterocycles. The summed E-state index contributed by atoms with van der Waals surface area (Å²) < 4.78 is 11.2. The van der Waals surface area contributed by atoms with Gasteiger partial charge in [0.25, 0.3) is 0 Å². The molecule has 4 nitrogen and oxygen atoms in total. The summed E-state index contributed by atoms with van der Waals surface area (Å²) in [5.41, 5.74) is 7.24. The van der Waals surface area contributed by atoms with Crippen molar-refractivity contribution in [2.45, 2.75) is 45.6 Å². The Morgan fingerprint density at radius 1 is 1.14 bits per heavy atom. The Labute approximate surface area is 126 Å². The minimum atomic E-state index is 0.379. The number of ether oxygens (including phenoxy) is 1. The number of nitrogens with two attached hydrogens (primary N) is 1. The summed E-state index contributed by atoms with van der Waals surface area (Å²) in [5.74, 6) is 1.55. The molecule has 2 rings (SSSR count). The Morgan fingerprint density at radius 3 is 2.71 bits per heavy atom. The van der Waals surface area contributed by atoms with Crippen LogP contribution in [0.3, 0.4) is 0 Å². The summed E-state index contributed by atoms with van der Waals surface area (Å²) in [4.78, 5) is 0. The standard InChI is InChI=1S/C17H24N2O2/c1-2-3-4-5-8-11-20-16-10-7-6-9-15(16)17-12-14(13-18)19-21-17/h6-7,9-10,12H,2-5,8,11,13,18H2,1H3. The molecule has 21 heavy (non-hydrogen) atoms. The van der Waals surface area contributed by atoms with E-state index >= 15 is 0 Å². The number of benzene rings is 1.